The van der Waals surface area contributed by atoms with Crippen molar-refractivity contribution in [3.8, 4) is 0 Å². The van der Waals surface area contributed by atoms with Gasteiger partial charge in [-0.3, -0.25) is 4.98 Å². The molecule has 0 atom stereocenters. The predicted molar refractivity (Wildman–Crippen MR) is 75.7 cm³/mol. The quantitative estimate of drug-likeness (QED) is 0.791. The van der Waals surface area contributed by atoms with Gasteiger partial charge in [-0.15, -0.1) is 0 Å². The second kappa shape index (κ2) is 5.69. The van der Waals surface area contributed by atoms with Gasteiger partial charge in [0.05, 0.1) is 18.0 Å². The number of anilines is 2. The molecule has 3 N–H and O–H groups in total. The molecule has 0 saturated carbocycles. The maximum Gasteiger partial charge on any atom is 0.0632 e. The zero-order valence-electron chi connectivity index (χ0n) is 10.6. The number of fused-ring (bicyclic) bond motifs is 1. The number of aromatic nitrogens is 1. The van der Waals surface area contributed by atoms with Gasteiger partial charge in [-0.25, -0.2) is 0 Å². The van der Waals surface area contributed by atoms with E-state index >= 15 is 0 Å². The maximum absolute atomic E-state index is 9.14. The molecule has 0 radical (unpaired) electrons. The van der Waals surface area contributed by atoms with Crippen LogP contribution in [0.4, 0.5) is 11.4 Å². The van der Waals surface area contributed by atoms with E-state index in [1.54, 1.807) is 6.20 Å². The third kappa shape index (κ3) is 2.38. The van der Waals surface area contributed by atoms with Gasteiger partial charge in [0.25, 0.3) is 0 Å². The number of hydrogen-bond acceptors (Lipinski definition) is 4. The molecule has 1 heterocycles. The number of nitrogens with two attached hydrogens (primary N) is 1. The predicted octanol–water partition coefficient (Wildman–Crippen LogP) is 2.03. The Labute approximate surface area is 107 Å². The molecule has 1 aromatic carbocycles. The van der Waals surface area contributed by atoms with Crippen LogP contribution >= 0.6 is 0 Å². The minimum Gasteiger partial charge on any atom is -0.397 e. The summed E-state index contributed by atoms with van der Waals surface area (Å²) in [5.41, 5.74) is 7.98. The number of aliphatic hydroxyl groups is 1. The van der Waals surface area contributed by atoms with Crippen LogP contribution in [-0.4, -0.2) is 29.8 Å². The number of hydrogen-bond donors (Lipinski definition) is 2. The summed E-state index contributed by atoms with van der Waals surface area (Å²) < 4.78 is 0. The van der Waals surface area contributed by atoms with Gasteiger partial charge in [0.15, 0.2) is 0 Å². The van der Waals surface area contributed by atoms with E-state index in [0.29, 0.717) is 6.54 Å². The highest BCUT2D eigenvalue weighted by molar-refractivity contribution is 5.98. The summed E-state index contributed by atoms with van der Waals surface area (Å²) in [6.45, 7) is 3.75. The van der Waals surface area contributed by atoms with Crippen LogP contribution in [0.25, 0.3) is 10.8 Å². The fourth-order valence-corrected chi connectivity index (χ4v) is 2.20. The van der Waals surface area contributed by atoms with E-state index in [1.165, 1.54) is 0 Å². The largest absolute Gasteiger partial charge is 0.397 e. The van der Waals surface area contributed by atoms with Crippen LogP contribution in [0.5, 0.6) is 0 Å². The van der Waals surface area contributed by atoms with Crippen molar-refractivity contribution in [2.75, 3.05) is 30.3 Å². The van der Waals surface area contributed by atoms with Gasteiger partial charge < -0.3 is 15.7 Å². The number of pyridine rings is 1. The van der Waals surface area contributed by atoms with Crippen LogP contribution in [0.2, 0.25) is 0 Å². The Morgan fingerprint density at radius 1 is 1.28 bits per heavy atom. The molecule has 0 amide bonds. The first-order chi connectivity index (χ1) is 8.77. The van der Waals surface area contributed by atoms with Gasteiger partial charge in [-0.2, -0.15) is 0 Å². The molecule has 0 aliphatic rings. The third-order valence-electron chi connectivity index (χ3n) is 3.04. The van der Waals surface area contributed by atoms with E-state index in [-0.39, 0.29) is 6.61 Å². The van der Waals surface area contributed by atoms with Crippen LogP contribution in [0.1, 0.15) is 13.3 Å². The van der Waals surface area contributed by atoms with Gasteiger partial charge in [0.2, 0.25) is 0 Å². The zero-order chi connectivity index (χ0) is 13.0. The lowest BCUT2D eigenvalue weighted by Crippen LogP contribution is -2.28. The minimum atomic E-state index is 0.133. The number of aliphatic hydroxyl groups excluding tert-OH is 1. The van der Waals surface area contributed by atoms with Gasteiger partial charge in [-0.05, 0) is 18.6 Å². The van der Waals surface area contributed by atoms with E-state index in [0.717, 1.165) is 35.1 Å². The smallest absolute Gasteiger partial charge is 0.0632 e. The van der Waals surface area contributed by atoms with Crippen molar-refractivity contribution in [3.63, 3.8) is 0 Å². The fourth-order valence-electron chi connectivity index (χ4n) is 2.20. The molecule has 18 heavy (non-hydrogen) atoms. The molecule has 4 nitrogen and oxygen atoms in total. The summed E-state index contributed by atoms with van der Waals surface area (Å²) in [6.07, 6.45) is 4.58. The van der Waals surface area contributed by atoms with Gasteiger partial charge in [-0.1, -0.05) is 13.0 Å². The van der Waals surface area contributed by atoms with Crippen LogP contribution < -0.4 is 10.6 Å². The van der Waals surface area contributed by atoms with Crippen molar-refractivity contribution in [3.05, 3.63) is 30.6 Å². The van der Waals surface area contributed by atoms with Crippen molar-refractivity contribution in [2.24, 2.45) is 0 Å². The molecule has 0 spiro atoms. The Hall–Kier alpha value is -1.81. The Kier molecular flexibility index (Phi) is 3.99. The maximum atomic E-state index is 9.14. The van der Waals surface area contributed by atoms with Crippen molar-refractivity contribution < 1.29 is 5.11 Å². The molecule has 4 heteroatoms. The summed E-state index contributed by atoms with van der Waals surface area (Å²) in [4.78, 5) is 6.21. The zero-order valence-corrected chi connectivity index (χ0v) is 10.6. The monoisotopic (exact) mass is 245 g/mol. The van der Waals surface area contributed by atoms with Crippen LogP contribution in [0, 0.1) is 0 Å². The lowest BCUT2D eigenvalue weighted by Gasteiger charge is -2.25. The third-order valence-corrected chi connectivity index (χ3v) is 3.04. The minimum absolute atomic E-state index is 0.133. The molecule has 2 rings (SSSR count). The molecule has 0 aliphatic heterocycles. The molecule has 96 valence electrons. The molecular weight excluding hydrogens is 226 g/mol. The molecule has 0 unspecified atom stereocenters. The second-order valence-electron chi connectivity index (χ2n) is 4.31. The summed E-state index contributed by atoms with van der Waals surface area (Å²) in [5.74, 6) is 0. The molecule has 0 aliphatic carbocycles. The van der Waals surface area contributed by atoms with Crippen LogP contribution in [-0.2, 0) is 0 Å². The van der Waals surface area contributed by atoms with E-state index < -0.39 is 0 Å². The average molecular weight is 245 g/mol. The van der Waals surface area contributed by atoms with E-state index in [2.05, 4.69) is 16.8 Å². The van der Waals surface area contributed by atoms with E-state index in [4.69, 9.17) is 10.8 Å². The molecule has 0 fully saturated rings. The Bertz CT molecular complexity index is 521. The lowest BCUT2D eigenvalue weighted by atomic mass is 10.1. The van der Waals surface area contributed by atoms with E-state index in [9.17, 15) is 0 Å². The number of nitrogens with zero attached hydrogens (tertiary/aromatic N) is 2. The van der Waals surface area contributed by atoms with Crippen LogP contribution in [0.15, 0.2) is 30.6 Å². The number of benzene rings is 1. The highest BCUT2D eigenvalue weighted by Gasteiger charge is 2.10. The summed E-state index contributed by atoms with van der Waals surface area (Å²) in [5, 5.41) is 11.2. The molecular formula is C14H19N3O. The number of nitrogen functional groups attached to an aromatic ring is 1. The SMILES string of the molecule is CCCN(CCO)c1ccc2cnccc2c1N. The van der Waals surface area contributed by atoms with Crippen molar-refractivity contribution in [2.45, 2.75) is 13.3 Å². The molecule has 0 bridgehead atoms. The second-order valence-corrected chi connectivity index (χ2v) is 4.31. The Balaban J connectivity index is 2.46. The first-order valence-electron chi connectivity index (χ1n) is 6.26. The van der Waals surface area contributed by atoms with Gasteiger partial charge in [0.1, 0.15) is 0 Å². The molecule has 0 saturated heterocycles. The topological polar surface area (TPSA) is 62.4 Å². The summed E-state index contributed by atoms with van der Waals surface area (Å²) in [6, 6.07) is 5.95. The Morgan fingerprint density at radius 3 is 2.83 bits per heavy atom. The fraction of sp³-hybridized carbons (Fsp3) is 0.357. The summed E-state index contributed by atoms with van der Waals surface area (Å²) >= 11 is 0. The van der Waals surface area contributed by atoms with Crippen LogP contribution in [0.3, 0.4) is 0 Å². The Morgan fingerprint density at radius 2 is 2.11 bits per heavy atom. The van der Waals surface area contributed by atoms with E-state index in [1.807, 2.05) is 24.4 Å². The standard InChI is InChI=1S/C14H19N3O/c1-2-7-17(8-9-18)13-4-3-11-10-16-6-5-12(11)14(13)15/h3-6,10,18H,2,7-9,15H2,1H3. The van der Waals surface area contributed by atoms with Gasteiger partial charge in [0, 0.05) is 36.3 Å². The lowest BCUT2D eigenvalue weighted by molar-refractivity contribution is 0.302. The van der Waals surface area contributed by atoms with Crippen molar-refractivity contribution >= 4 is 22.1 Å². The average Bonchev–Trinajstić information content (AvgIpc) is 2.39. The first-order valence-corrected chi connectivity index (χ1v) is 6.26. The first kappa shape index (κ1) is 12.6. The van der Waals surface area contributed by atoms with Crippen molar-refractivity contribution in [1.82, 2.24) is 4.98 Å². The molecule has 2 aromatic rings. The molecule has 1 aromatic heterocycles. The number of rotatable bonds is 5. The van der Waals surface area contributed by atoms with Crippen molar-refractivity contribution in [1.29, 1.82) is 0 Å². The summed E-state index contributed by atoms with van der Waals surface area (Å²) in [7, 11) is 0. The normalized spacial score (nSPS) is 10.8. The van der Waals surface area contributed by atoms with Gasteiger partial charge >= 0.3 is 0 Å². The highest BCUT2D eigenvalue weighted by atomic mass is 16.3. The highest BCUT2D eigenvalue weighted by Crippen LogP contribution is 2.30.